The van der Waals surface area contributed by atoms with E-state index in [0.717, 1.165) is 12.1 Å². The molecule has 0 fully saturated rings. The molecule has 0 amide bonds. The third kappa shape index (κ3) is 1.57. The number of hydrogen-bond acceptors (Lipinski definition) is 3. The fourth-order valence-electron chi connectivity index (χ4n) is 0.987. The molecule has 4 heteroatoms. The van der Waals surface area contributed by atoms with Gasteiger partial charge in [0.1, 0.15) is 17.6 Å². The summed E-state index contributed by atoms with van der Waals surface area (Å²) in [4.78, 5) is 0. The van der Waals surface area contributed by atoms with E-state index in [9.17, 15) is 9.50 Å². The molecule has 0 saturated heterocycles. The lowest BCUT2D eigenvalue weighted by molar-refractivity contribution is 0.467. The Kier molecular flexibility index (Phi) is 2.47. The maximum atomic E-state index is 12.9. The van der Waals surface area contributed by atoms with Crippen LogP contribution in [0.1, 0.15) is 11.1 Å². The highest BCUT2D eigenvalue weighted by Crippen LogP contribution is 2.23. The summed E-state index contributed by atoms with van der Waals surface area (Å²) in [6, 6.07) is 5.47. The van der Waals surface area contributed by atoms with Gasteiger partial charge in [-0.2, -0.15) is 10.5 Å². The van der Waals surface area contributed by atoms with Crippen molar-refractivity contribution in [1.29, 1.82) is 10.5 Å². The molecular formula is C9H5FN2O. The number of benzene rings is 1. The SMILES string of the molecule is N#CCc1c(O)ccc(F)c1C#N. The highest BCUT2D eigenvalue weighted by molar-refractivity contribution is 5.48. The van der Waals surface area contributed by atoms with Gasteiger partial charge in [-0.15, -0.1) is 0 Å². The van der Waals surface area contributed by atoms with E-state index < -0.39 is 5.82 Å². The molecule has 0 saturated carbocycles. The number of halogens is 1. The zero-order chi connectivity index (χ0) is 9.84. The maximum Gasteiger partial charge on any atom is 0.141 e. The Labute approximate surface area is 74.3 Å². The predicted molar refractivity (Wildman–Crippen MR) is 42.1 cm³/mol. The van der Waals surface area contributed by atoms with Crippen LogP contribution in [0.3, 0.4) is 0 Å². The second-order valence-electron chi connectivity index (χ2n) is 2.37. The number of rotatable bonds is 1. The summed E-state index contributed by atoms with van der Waals surface area (Å²) in [7, 11) is 0. The topological polar surface area (TPSA) is 67.8 Å². The van der Waals surface area contributed by atoms with Crippen molar-refractivity contribution in [3.8, 4) is 17.9 Å². The smallest absolute Gasteiger partial charge is 0.141 e. The van der Waals surface area contributed by atoms with E-state index in [2.05, 4.69) is 0 Å². The number of phenols is 1. The van der Waals surface area contributed by atoms with Gasteiger partial charge in [-0.3, -0.25) is 0 Å². The molecule has 0 aliphatic carbocycles. The average Bonchev–Trinajstić information content (AvgIpc) is 2.12. The molecule has 1 aromatic rings. The summed E-state index contributed by atoms with van der Waals surface area (Å²) in [6.45, 7) is 0. The Morgan fingerprint density at radius 1 is 1.38 bits per heavy atom. The molecule has 1 aromatic carbocycles. The van der Waals surface area contributed by atoms with Crippen LogP contribution in [0.25, 0.3) is 0 Å². The second-order valence-corrected chi connectivity index (χ2v) is 2.37. The molecule has 0 radical (unpaired) electrons. The highest BCUT2D eigenvalue weighted by Gasteiger charge is 2.11. The van der Waals surface area contributed by atoms with Crippen LogP contribution in [-0.2, 0) is 6.42 Å². The molecule has 64 valence electrons. The minimum Gasteiger partial charge on any atom is -0.508 e. The van der Waals surface area contributed by atoms with E-state index in [4.69, 9.17) is 10.5 Å². The van der Waals surface area contributed by atoms with E-state index in [1.807, 2.05) is 0 Å². The van der Waals surface area contributed by atoms with Crippen LogP contribution in [-0.4, -0.2) is 5.11 Å². The minimum absolute atomic E-state index is 0.0463. The highest BCUT2D eigenvalue weighted by atomic mass is 19.1. The van der Waals surface area contributed by atoms with Crippen molar-refractivity contribution in [2.75, 3.05) is 0 Å². The zero-order valence-electron chi connectivity index (χ0n) is 6.58. The van der Waals surface area contributed by atoms with Gasteiger partial charge in [-0.05, 0) is 12.1 Å². The molecule has 3 nitrogen and oxygen atoms in total. The van der Waals surface area contributed by atoms with Crippen LogP contribution in [0.15, 0.2) is 12.1 Å². The Morgan fingerprint density at radius 2 is 2.08 bits per heavy atom. The standard InChI is InChI=1S/C9H5FN2O/c10-8-1-2-9(13)6(3-4-11)7(8)5-12/h1-2,13H,3H2. The minimum atomic E-state index is -0.717. The molecule has 0 aliphatic heterocycles. The summed E-state index contributed by atoms with van der Waals surface area (Å²) in [5.41, 5.74) is -0.216. The first-order valence-electron chi connectivity index (χ1n) is 3.48. The number of nitrogens with zero attached hydrogens (tertiary/aromatic N) is 2. The van der Waals surface area contributed by atoms with Gasteiger partial charge in [0.05, 0.1) is 18.1 Å². The Balaban J connectivity index is 3.39. The lowest BCUT2D eigenvalue weighted by Gasteiger charge is -2.02. The van der Waals surface area contributed by atoms with Crippen LogP contribution < -0.4 is 0 Å². The first-order chi connectivity index (χ1) is 6.20. The first kappa shape index (κ1) is 9.02. The van der Waals surface area contributed by atoms with Crippen LogP contribution in [0.5, 0.6) is 5.75 Å². The Morgan fingerprint density at radius 3 is 2.62 bits per heavy atom. The van der Waals surface area contributed by atoms with E-state index >= 15 is 0 Å². The maximum absolute atomic E-state index is 12.9. The zero-order valence-corrected chi connectivity index (χ0v) is 6.58. The molecule has 0 bridgehead atoms. The molecule has 0 heterocycles. The normalized spacial score (nSPS) is 8.85. The Bertz CT molecular complexity index is 415. The molecule has 1 rings (SSSR count). The lowest BCUT2D eigenvalue weighted by atomic mass is 10.0. The molecular weight excluding hydrogens is 171 g/mol. The molecule has 0 unspecified atom stereocenters. The summed E-state index contributed by atoms with van der Waals surface area (Å²) in [5.74, 6) is -0.940. The monoisotopic (exact) mass is 176 g/mol. The second kappa shape index (κ2) is 3.55. The summed E-state index contributed by atoms with van der Waals surface area (Å²) >= 11 is 0. The van der Waals surface area contributed by atoms with Crippen molar-refractivity contribution in [2.45, 2.75) is 6.42 Å². The van der Waals surface area contributed by atoms with Gasteiger partial charge in [0.15, 0.2) is 0 Å². The van der Waals surface area contributed by atoms with E-state index in [1.54, 1.807) is 12.1 Å². The van der Waals surface area contributed by atoms with Gasteiger partial charge in [0.2, 0.25) is 0 Å². The summed E-state index contributed by atoms with van der Waals surface area (Å²) in [6.07, 6.45) is -0.174. The van der Waals surface area contributed by atoms with Crippen LogP contribution in [0.2, 0.25) is 0 Å². The van der Waals surface area contributed by atoms with Gasteiger partial charge >= 0.3 is 0 Å². The molecule has 0 aliphatic rings. The van der Waals surface area contributed by atoms with Gasteiger partial charge in [0, 0.05) is 5.56 Å². The fourth-order valence-corrected chi connectivity index (χ4v) is 0.987. The van der Waals surface area contributed by atoms with Gasteiger partial charge in [0.25, 0.3) is 0 Å². The van der Waals surface area contributed by atoms with Crippen LogP contribution in [0.4, 0.5) is 4.39 Å². The largest absolute Gasteiger partial charge is 0.508 e. The number of nitriles is 2. The number of hydrogen-bond donors (Lipinski definition) is 1. The lowest BCUT2D eigenvalue weighted by Crippen LogP contribution is -1.93. The summed E-state index contributed by atoms with van der Waals surface area (Å²) in [5, 5.41) is 26.1. The van der Waals surface area contributed by atoms with Crippen molar-refractivity contribution >= 4 is 0 Å². The van der Waals surface area contributed by atoms with E-state index in [0.29, 0.717) is 0 Å². The van der Waals surface area contributed by atoms with Crippen LogP contribution >= 0.6 is 0 Å². The van der Waals surface area contributed by atoms with Gasteiger partial charge in [-0.25, -0.2) is 4.39 Å². The van der Waals surface area contributed by atoms with Gasteiger partial charge in [-0.1, -0.05) is 0 Å². The third-order valence-electron chi connectivity index (χ3n) is 1.60. The average molecular weight is 176 g/mol. The number of phenolic OH excluding ortho intramolecular Hbond substituents is 1. The molecule has 0 aromatic heterocycles. The van der Waals surface area contributed by atoms with Crippen molar-refractivity contribution < 1.29 is 9.50 Å². The van der Waals surface area contributed by atoms with Crippen molar-refractivity contribution in [1.82, 2.24) is 0 Å². The van der Waals surface area contributed by atoms with Crippen molar-refractivity contribution in [2.24, 2.45) is 0 Å². The molecule has 13 heavy (non-hydrogen) atoms. The third-order valence-corrected chi connectivity index (χ3v) is 1.60. The number of aromatic hydroxyl groups is 1. The predicted octanol–water partition coefficient (Wildman–Crippen LogP) is 1.47. The molecule has 0 atom stereocenters. The van der Waals surface area contributed by atoms with E-state index in [-0.39, 0.29) is 23.3 Å². The van der Waals surface area contributed by atoms with E-state index in [1.165, 1.54) is 0 Å². The quantitative estimate of drug-likeness (QED) is 0.704. The van der Waals surface area contributed by atoms with Gasteiger partial charge < -0.3 is 5.11 Å². The molecule has 0 spiro atoms. The summed E-state index contributed by atoms with van der Waals surface area (Å²) < 4.78 is 12.9. The van der Waals surface area contributed by atoms with Crippen LogP contribution in [0, 0.1) is 28.5 Å². The Hall–Kier alpha value is -2.07. The molecule has 1 N–H and O–H groups in total. The first-order valence-corrected chi connectivity index (χ1v) is 3.48. The van der Waals surface area contributed by atoms with Crippen molar-refractivity contribution in [3.63, 3.8) is 0 Å². The fraction of sp³-hybridized carbons (Fsp3) is 0.111. The van der Waals surface area contributed by atoms with Crippen molar-refractivity contribution in [3.05, 3.63) is 29.1 Å².